The molecule has 2 amide bonds. The molecule has 1 aromatic carbocycles. The summed E-state index contributed by atoms with van der Waals surface area (Å²) in [5.41, 5.74) is 2.28. The number of nitrogens with one attached hydrogen (secondary N) is 2. The minimum atomic E-state index is -0.738. The number of hydrogen-bond donors (Lipinski definition) is 3. The molecule has 1 aliphatic heterocycles. The lowest BCUT2D eigenvalue weighted by Gasteiger charge is -2.06. The highest BCUT2D eigenvalue weighted by molar-refractivity contribution is 7.09. The summed E-state index contributed by atoms with van der Waals surface area (Å²) in [6.07, 6.45) is -0.738. The van der Waals surface area contributed by atoms with Crippen LogP contribution in [0.25, 0.3) is 11.3 Å². The van der Waals surface area contributed by atoms with Gasteiger partial charge in [-0.1, -0.05) is 30.3 Å². The number of fused-ring (bicyclic) bond motifs is 1. The Morgan fingerprint density at radius 3 is 3.00 bits per heavy atom. The van der Waals surface area contributed by atoms with Crippen molar-refractivity contribution < 1.29 is 14.7 Å². The summed E-state index contributed by atoms with van der Waals surface area (Å²) in [7, 11) is 0. The molecule has 0 bridgehead atoms. The van der Waals surface area contributed by atoms with Gasteiger partial charge in [-0.15, -0.1) is 11.3 Å². The van der Waals surface area contributed by atoms with Gasteiger partial charge in [0.1, 0.15) is 10.7 Å². The van der Waals surface area contributed by atoms with Gasteiger partial charge in [0.25, 0.3) is 11.8 Å². The van der Waals surface area contributed by atoms with Gasteiger partial charge in [0, 0.05) is 23.6 Å². The third kappa shape index (κ3) is 3.74. The Hall–Kier alpha value is -3.04. The Morgan fingerprint density at radius 1 is 1.37 bits per heavy atom. The Labute approximate surface area is 158 Å². The lowest BCUT2D eigenvalue weighted by Crippen LogP contribution is -2.30. The first-order valence-electron chi connectivity index (χ1n) is 8.42. The van der Waals surface area contributed by atoms with Gasteiger partial charge in [-0.05, 0) is 0 Å². The van der Waals surface area contributed by atoms with Crippen LogP contribution in [0, 0.1) is 0 Å². The number of β-amino-alcohol motifs (C(OH)–C–C–N with tert-alkyl or cyclic N) is 1. The van der Waals surface area contributed by atoms with E-state index in [0.29, 0.717) is 0 Å². The summed E-state index contributed by atoms with van der Waals surface area (Å²) in [4.78, 5) is 28.9. The second-order valence-electron chi connectivity index (χ2n) is 6.14. The van der Waals surface area contributed by atoms with Gasteiger partial charge in [-0.2, -0.15) is 5.10 Å². The molecule has 3 aromatic rings. The Bertz CT molecular complexity index is 982. The van der Waals surface area contributed by atoms with Crippen molar-refractivity contribution >= 4 is 23.2 Å². The SMILES string of the molecule is O=C(NCc1nc(-c2ccccc2)cs1)c1cc2n(n1)CC(O)CNC2=O. The number of benzene rings is 1. The molecule has 0 radical (unpaired) electrons. The van der Waals surface area contributed by atoms with Gasteiger partial charge < -0.3 is 15.7 Å². The molecule has 138 valence electrons. The largest absolute Gasteiger partial charge is 0.389 e. The molecular weight excluding hydrogens is 366 g/mol. The Morgan fingerprint density at radius 2 is 2.19 bits per heavy atom. The molecule has 0 fully saturated rings. The lowest BCUT2D eigenvalue weighted by molar-refractivity contribution is 0.0931. The molecule has 0 saturated carbocycles. The normalized spacial score (nSPS) is 16.3. The van der Waals surface area contributed by atoms with Crippen molar-refractivity contribution in [3.8, 4) is 11.3 Å². The van der Waals surface area contributed by atoms with Gasteiger partial charge >= 0.3 is 0 Å². The van der Waals surface area contributed by atoms with Gasteiger partial charge in [0.2, 0.25) is 0 Å². The van der Waals surface area contributed by atoms with Gasteiger partial charge in [0.05, 0.1) is 24.9 Å². The van der Waals surface area contributed by atoms with Crippen LogP contribution in [0.15, 0.2) is 41.8 Å². The molecule has 3 heterocycles. The number of aliphatic hydroxyl groups is 1. The molecule has 2 aromatic heterocycles. The van der Waals surface area contributed by atoms with Crippen molar-refractivity contribution in [3.63, 3.8) is 0 Å². The predicted molar refractivity (Wildman–Crippen MR) is 99.3 cm³/mol. The van der Waals surface area contributed by atoms with E-state index in [0.717, 1.165) is 16.3 Å². The fourth-order valence-corrected chi connectivity index (χ4v) is 3.54. The number of thiazole rings is 1. The molecule has 1 aliphatic rings. The van der Waals surface area contributed by atoms with Crippen LogP contribution in [0.1, 0.15) is 26.0 Å². The third-order valence-corrected chi connectivity index (χ3v) is 5.00. The molecule has 1 atom stereocenters. The maximum atomic E-state index is 12.4. The summed E-state index contributed by atoms with van der Waals surface area (Å²) >= 11 is 1.46. The first-order chi connectivity index (χ1) is 13.1. The van der Waals surface area contributed by atoms with Gasteiger partial charge in [0.15, 0.2) is 5.69 Å². The van der Waals surface area contributed by atoms with E-state index >= 15 is 0 Å². The second kappa shape index (κ2) is 7.29. The first-order valence-corrected chi connectivity index (χ1v) is 9.30. The zero-order valence-corrected chi connectivity index (χ0v) is 15.1. The zero-order chi connectivity index (χ0) is 18.8. The van der Waals surface area contributed by atoms with E-state index in [4.69, 9.17) is 0 Å². The van der Waals surface area contributed by atoms with Crippen LogP contribution < -0.4 is 10.6 Å². The van der Waals surface area contributed by atoms with Crippen molar-refractivity contribution in [2.75, 3.05) is 6.54 Å². The second-order valence-corrected chi connectivity index (χ2v) is 7.08. The van der Waals surface area contributed by atoms with Crippen molar-refractivity contribution in [2.24, 2.45) is 0 Å². The van der Waals surface area contributed by atoms with E-state index in [1.54, 1.807) is 0 Å². The van der Waals surface area contributed by atoms with E-state index in [1.165, 1.54) is 22.1 Å². The zero-order valence-electron chi connectivity index (χ0n) is 14.3. The molecule has 9 heteroatoms. The Balaban J connectivity index is 1.43. The van der Waals surface area contributed by atoms with E-state index < -0.39 is 12.0 Å². The number of carbonyl (C=O) groups is 2. The molecule has 27 heavy (non-hydrogen) atoms. The summed E-state index contributed by atoms with van der Waals surface area (Å²) in [5, 5.41) is 22.0. The summed E-state index contributed by atoms with van der Waals surface area (Å²) in [5.74, 6) is -0.750. The average Bonchev–Trinajstić information content (AvgIpc) is 3.30. The molecule has 3 N–H and O–H groups in total. The molecule has 0 aliphatic carbocycles. The summed E-state index contributed by atoms with van der Waals surface area (Å²) in [6.45, 7) is 0.596. The standard InChI is InChI=1S/C18H17N5O3S/c24-12-7-19-18(26)15-6-13(22-23(15)9-12)17(25)20-8-16-21-14(10-27-16)11-4-2-1-3-5-11/h1-6,10,12,24H,7-9H2,(H,19,26)(H,20,25). The van der Waals surface area contributed by atoms with Crippen LogP contribution >= 0.6 is 11.3 Å². The highest BCUT2D eigenvalue weighted by Gasteiger charge is 2.24. The molecule has 8 nitrogen and oxygen atoms in total. The van der Waals surface area contributed by atoms with Gasteiger partial charge in [-0.3, -0.25) is 14.3 Å². The van der Waals surface area contributed by atoms with Crippen LogP contribution in [0.5, 0.6) is 0 Å². The monoisotopic (exact) mass is 383 g/mol. The van der Waals surface area contributed by atoms with E-state index in [-0.39, 0.29) is 36.9 Å². The molecule has 0 spiro atoms. The van der Waals surface area contributed by atoms with Crippen molar-refractivity contribution in [2.45, 2.75) is 19.2 Å². The van der Waals surface area contributed by atoms with Crippen molar-refractivity contribution in [1.82, 2.24) is 25.4 Å². The van der Waals surface area contributed by atoms with Crippen molar-refractivity contribution in [3.05, 3.63) is 58.2 Å². The quantitative estimate of drug-likeness (QED) is 0.624. The van der Waals surface area contributed by atoms with Crippen LogP contribution in [0.4, 0.5) is 0 Å². The highest BCUT2D eigenvalue weighted by Crippen LogP contribution is 2.21. The fraction of sp³-hybridized carbons (Fsp3) is 0.222. The smallest absolute Gasteiger partial charge is 0.272 e. The molecule has 0 saturated heterocycles. The summed E-state index contributed by atoms with van der Waals surface area (Å²) < 4.78 is 1.36. The number of carbonyl (C=O) groups excluding carboxylic acids is 2. The molecule has 4 rings (SSSR count). The maximum Gasteiger partial charge on any atom is 0.272 e. The number of aliphatic hydroxyl groups excluding tert-OH is 1. The molecular formula is C18H17N5O3S. The first kappa shape index (κ1) is 17.4. The fourth-order valence-electron chi connectivity index (χ4n) is 2.79. The number of nitrogens with zero attached hydrogens (tertiary/aromatic N) is 3. The molecule has 1 unspecified atom stereocenters. The van der Waals surface area contributed by atoms with Crippen LogP contribution in [-0.2, 0) is 13.1 Å². The van der Waals surface area contributed by atoms with Crippen LogP contribution in [-0.4, -0.2) is 44.3 Å². The maximum absolute atomic E-state index is 12.4. The van der Waals surface area contributed by atoms with Crippen molar-refractivity contribution in [1.29, 1.82) is 0 Å². The average molecular weight is 383 g/mol. The predicted octanol–water partition coefficient (Wildman–Crippen LogP) is 1.04. The van der Waals surface area contributed by atoms with E-state index in [1.807, 2.05) is 35.7 Å². The van der Waals surface area contributed by atoms with E-state index in [2.05, 4.69) is 20.7 Å². The summed E-state index contributed by atoms with van der Waals surface area (Å²) in [6, 6.07) is 11.2. The minimum absolute atomic E-state index is 0.133. The van der Waals surface area contributed by atoms with Crippen LogP contribution in [0.3, 0.4) is 0 Å². The lowest BCUT2D eigenvalue weighted by atomic mass is 10.2. The van der Waals surface area contributed by atoms with Crippen LogP contribution in [0.2, 0.25) is 0 Å². The van der Waals surface area contributed by atoms with E-state index in [9.17, 15) is 14.7 Å². The number of hydrogen-bond acceptors (Lipinski definition) is 6. The van der Waals surface area contributed by atoms with Gasteiger partial charge in [-0.25, -0.2) is 4.98 Å². The highest BCUT2D eigenvalue weighted by atomic mass is 32.1. The third-order valence-electron chi connectivity index (χ3n) is 4.15. The number of amides is 2. The Kier molecular flexibility index (Phi) is 4.69. The topological polar surface area (TPSA) is 109 Å². The number of aromatic nitrogens is 3. The number of rotatable bonds is 4. The minimum Gasteiger partial charge on any atom is -0.389 e.